The van der Waals surface area contributed by atoms with E-state index < -0.39 is 0 Å². The van der Waals surface area contributed by atoms with Crippen molar-refractivity contribution in [3.8, 4) is 0 Å². The van der Waals surface area contributed by atoms with Crippen molar-refractivity contribution in [1.82, 2.24) is 5.01 Å². The fourth-order valence-corrected chi connectivity index (χ4v) is 2.68. The first-order valence-corrected chi connectivity index (χ1v) is 6.69. The van der Waals surface area contributed by atoms with E-state index in [0.29, 0.717) is 25.2 Å². The van der Waals surface area contributed by atoms with Crippen molar-refractivity contribution in [3.05, 3.63) is 29.3 Å². The van der Waals surface area contributed by atoms with Gasteiger partial charge in [-0.05, 0) is 37.1 Å². The summed E-state index contributed by atoms with van der Waals surface area (Å²) in [6, 6.07) is 5.59. The van der Waals surface area contributed by atoms with Crippen LogP contribution in [0.15, 0.2) is 18.2 Å². The summed E-state index contributed by atoms with van der Waals surface area (Å²) in [6.07, 6.45) is 0.208. The van der Waals surface area contributed by atoms with Crippen molar-refractivity contribution in [2.45, 2.75) is 19.4 Å². The topological polar surface area (TPSA) is 75.9 Å². The van der Waals surface area contributed by atoms with Gasteiger partial charge in [-0.3, -0.25) is 9.80 Å². The average Bonchev–Trinajstić information content (AvgIpc) is 3.00. The molecule has 2 aliphatic heterocycles. The molecule has 106 valence electrons. The van der Waals surface area contributed by atoms with E-state index in [-0.39, 0.29) is 18.0 Å². The van der Waals surface area contributed by atoms with Crippen LogP contribution in [0.2, 0.25) is 0 Å². The molecule has 1 aromatic rings. The Balaban J connectivity index is 1.86. The lowest BCUT2D eigenvalue weighted by Gasteiger charge is -2.27. The molecule has 1 atom stereocenters. The first-order chi connectivity index (χ1) is 9.60. The number of Topliss-reactive ketones (excluding diaryl/α,β-unsaturated/α-hetero) is 1. The summed E-state index contributed by atoms with van der Waals surface area (Å²) in [6.45, 7) is 3.07. The highest BCUT2D eigenvalue weighted by Gasteiger charge is 2.37. The molecule has 1 fully saturated rings. The first-order valence-electron chi connectivity index (χ1n) is 6.69. The van der Waals surface area contributed by atoms with Crippen LogP contribution >= 0.6 is 0 Å². The maximum absolute atomic E-state index is 11.9. The molecule has 6 nitrogen and oxygen atoms in total. The average molecular weight is 275 g/mol. The molecule has 1 amide bonds. The van der Waals surface area contributed by atoms with Crippen LogP contribution in [0.3, 0.4) is 0 Å². The van der Waals surface area contributed by atoms with Gasteiger partial charge in [-0.1, -0.05) is 0 Å². The Morgan fingerprint density at radius 1 is 1.45 bits per heavy atom. The third kappa shape index (κ3) is 2.02. The Morgan fingerprint density at radius 3 is 2.90 bits per heavy atom. The molecule has 1 saturated heterocycles. The van der Waals surface area contributed by atoms with Gasteiger partial charge in [0.15, 0.2) is 5.78 Å². The van der Waals surface area contributed by atoms with Crippen LogP contribution in [-0.2, 0) is 11.2 Å². The lowest BCUT2D eigenvalue weighted by atomic mass is 10.1. The molecule has 0 spiro atoms. The standard InChI is InChI=1S/C14H17N3O3/c1-9(18)10-2-3-13-11(6-10)4-5-16(13)17-8-12(7-15)20-14(17)19/h2-3,6,12H,4-5,7-8,15H2,1H3. The van der Waals surface area contributed by atoms with Crippen LogP contribution in [0.25, 0.3) is 0 Å². The lowest BCUT2D eigenvalue weighted by Crippen LogP contribution is -2.43. The van der Waals surface area contributed by atoms with Crippen molar-refractivity contribution < 1.29 is 14.3 Å². The summed E-state index contributed by atoms with van der Waals surface area (Å²) < 4.78 is 5.18. The molecular weight excluding hydrogens is 258 g/mol. The molecule has 0 bridgehead atoms. The van der Waals surface area contributed by atoms with Crippen molar-refractivity contribution >= 4 is 17.6 Å². The molecule has 2 N–H and O–H groups in total. The Labute approximate surface area is 117 Å². The molecule has 0 aliphatic carbocycles. The van der Waals surface area contributed by atoms with Gasteiger partial charge in [0.25, 0.3) is 0 Å². The zero-order valence-electron chi connectivity index (χ0n) is 11.3. The van der Waals surface area contributed by atoms with E-state index in [0.717, 1.165) is 17.7 Å². The number of ether oxygens (including phenoxy) is 1. The second-order valence-electron chi connectivity index (χ2n) is 5.10. The Morgan fingerprint density at radius 2 is 2.25 bits per heavy atom. The number of carbonyl (C=O) groups is 2. The lowest BCUT2D eigenvalue weighted by molar-refractivity contribution is 0.101. The fraction of sp³-hybridized carbons (Fsp3) is 0.429. The number of fused-ring (bicyclic) bond motifs is 1. The number of hydrogen-bond donors (Lipinski definition) is 1. The molecule has 0 saturated carbocycles. The maximum atomic E-state index is 11.9. The fourth-order valence-electron chi connectivity index (χ4n) is 2.68. The van der Waals surface area contributed by atoms with Crippen LogP contribution in [0.1, 0.15) is 22.8 Å². The van der Waals surface area contributed by atoms with Gasteiger partial charge in [-0.2, -0.15) is 0 Å². The van der Waals surface area contributed by atoms with Crippen LogP contribution in [-0.4, -0.2) is 42.6 Å². The Bertz CT molecular complexity index is 573. The van der Waals surface area contributed by atoms with Crippen LogP contribution < -0.4 is 10.7 Å². The number of hydrogen-bond acceptors (Lipinski definition) is 5. The van der Waals surface area contributed by atoms with Crippen LogP contribution in [0, 0.1) is 0 Å². The van der Waals surface area contributed by atoms with Gasteiger partial charge in [0.2, 0.25) is 0 Å². The van der Waals surface area contributed by atoms with E-state index in [1.165, 1.54) is 0 Å². The van der Waals surface area contributed by atoms with Gasteiger partial charge in [-0.25, -0.2) is 9.80 Å². The van der Waals surface area contributed by atoms with Gasteiger partial charge in [-0.15, -0.1) is 0 Å². The Hall–Kier alpha value is -2.08. The van der Waals surface area contributed by atoms with Crippen LogP contribution in [0.4, 0.5) is 10.5 Å². The summed E-state index contributed by atoms with van der Waals surface area (Å²) >= 11 is 0. The normalized spacial score (nSPS) is 21.1. The molecule has 3 rings (SSSR count). The van der Waals surface area contributed by atoms with Gasteiger partial charge in [0.1, 0.15) is 6.10 Å². The smallest absolute Gasteiger partial charge is 0.429 e. The minimum Gasteiger partial charge on any atom is -0.442 e. The molecule has 0 radical (unpaired) electrons. The molecule has 1 unspecified atom stereocenters. The SMILES string of the molecule is CC(=O)c1ccc2c(c1)CCN2N1CC(CN)OC1=O. The molecule has 2 aliphatic rings. The van der Waals surface area contributed by atoms with Gasteiger partial charge < -0.3 is 10.5 Å². The molecule has 0 aromatic heterocycles. The zero-order valence-corrected chi connectivity index (χ0v) is 11.3. The molecule has 2 heterocycles. The summed E-state index contributed by atoms with van der Waals surface area (Å²) in [5.74, 6) is 0.0510. The number of anilines is 1. The zero-order chi connectivity index (χ0) is 14.3. The summed E-state index contributed by atoms with van der Waals surface area (Å²) in [5, 5.41) is 3.51. The minimum atomic E-state index is -0.357. The Kier molecular flexibility index (Phi) is 3.10. The van der Waals surface area contributed by atoms with E-state index in [1.54, 1.807) is 18.0 Å². The number of ketones is 1. The summed E-state index contributed by atoms with van der Waals surface area (Å²) in [4.78, 5) is 23.3. The predicted octanol–water partition coefficient (Wildman–Crippen LogP) is 0.946. The molecule has 1 aromatic carbocycles. The third-order valence-corrected chi connectivity index (χ3v) is 3.77. The highest BCUT2D eigenvalue weighted by atomic mass is 16.6. The second-order valence-corrected chi connectivity index (χ2v) is 5.10. The highest BCUT2D eigenvalue weighted by Crippen LogP contribution is 2.32. The van der Waals surface area contributed by atoms with Crippen molar-refractivity contribution in [2.75, 3.05) is 24.6 Å². The van der Waals surface area contributed by atoms with E-state index in [4.69, 9.17) is 10.5 Å². The van der Waals surface area contributed by atoms with Crippen molar-refractivity contribution in [2.24, 2.45) is 5.73 Å². The predicted molar refractivity (Wildman–Crippen MR) is 73.5 cm³/mol. The number of rotatable bonds is 3. The van der Waals surface area contributed by atoms with Gasteiger partial charge in [0, 0.05) is 18.7 Å². The highest BCUT2D eigenvalue weighted by molar-refractivity contribution is 5.95. The third-order valence-electron chi connectivity index (χ3n) is 3.77. The van der Waals surface area contributed by atoms with Crippen molar-refractivity contribution in [3.63, 3.8) is 0 Å². The number of amides is 1. The largest absolute Gasteiger partial charge is 0.442 e. The van der Waals surface area contributed by atoms with Crippen LogP contribution in [0.5, 0.6) is 0 Å². The van der Waals surface area contributed by atoms with Gasteiger partial charge in [0.05, 0.1) is 12.2 Å². The van der Waals surface area contributed by atoms with E-state index in [2.05, 4.69) is 0 Å². The molecular formula is C14H17N3O3. The quantitative estimate of drug-likeness (QED) is 0.831. The van der Waals surface area contributed by atoms with Crippen molar-refractivity contribution in [1.29, 1.82) is 0 Å². The van der Waals surface area contributed by atoms with E-state index in [9.17, 15) is 9.59 Å². The number of hydrazine groups is 1. The maximum Gasteiger partial charge on any atom is 0.429 e. The first kappa shape index (κ1) is 12.9. The minimum absolute atomic E-state index is 0.0510. The van der Waals surface area contributed by atoms with E-state index in [1.807, 2.05) is 17.1 Å². The number of benzene rings is 1. The second kappa shape index (κ2) is 4.79. The van der Waals surface area contributed by atoms with Gasteiger partial charge >= 0.3 is 6.09 Å². The number of cyclic esters (lactones) is 1. The molecule has 6 heteroatoms. The molecule has 20 heavy (non-hydrogen) atoms. The summed E-state index contributed by atoms with van der Waals surface area (Å²) in [5.41, 5.74) is 8.30. The summed E-state index contributed by atoms with van der Waals surface area (Å²) in [7, 11) is 0. The number of nitrogens with two attached hydrogens (primary N) is 1. The number of nitrogens with zero attached hydrogens (tertiary/aromatic N) is 2. The monoisotopic (exact) mass is 275 g/mol. The van der Waals surface area contributed by atoms with E-state index >= 15 is 0 Å². The number of carbonyl (C=O) groups excluding carboxylic acids is 2.